The molecule has 1 saturated carbocycles. The Balaban J connectivity index is 2.55. The highest BCUT2D eigenvalue weighted by Gasteiger charge is 2.33. The van der Waals surface area contributed by atoms with Crippen molar-refractivity contribution < 1.29 is 19.1 Å². The van der Waals surface area contributed by atoms with Gasteiger partial charge in [-0.3, -0.25) is 4.79 Å². The average molecular weight is 245 g/mol. The second kappa shape index (κ2) is 5.47. The first-order chi connectivity index (χ1) is 7.85. The second-order valence-corrected chi connectivity index (χ2v) is 5.51. The molecule has 2 N–H and O–H groups in total. The van der Waals surface area contributed by atoms with Crippen molar-refractivity contribution in [1.29, 1.82) is 0 Å². The van der Waals surface area contributed by atoms with Crippen molar-refractivity contribution in [2.75, 3.05) is 6.67 Å². The molecule has 2 atom stereocenters. The topological polar surface area (TPSA) is 66.4 Å². The molecule has 2 unspecified atom stereocenters. The summed E-state index contributed by atoms with van der Waals surface area (Å²) in [5.41, 5.74) is 0.106. The van der Waals surface area contributed by atoms with Crippen LogP contribution in [0.2, 0.25) is 0 Å². The lowest BCUT2D eigenvalue weighted by Crippen LogP contribution is -2.46. The van der Waals surface area contributed by atoms with E-state index in [4.69, 9.17) is 5.11 Å². The van der Waals surface area contributed by atoms with E-state index in [1.165, 1.54) is 0 Å². The minimum atomic E-state index is -1.41. The molecule has 1 aliphatic rings. The van der Waals surface area contributed by atoms with Crippen LogP contribution in [0.3, 0.4) is 0 Å². The minimum absolute atomic E-state index is 0.106. The van der Waals surface area contributed by atoms with Crippen LogP contribution in [-0.2, 0) is 9.59 Å². The summed E-state index contributed by atoms with van der Waals surface area (Å²) in [7, 11) is 0. The lowest BCUT2D eigenvalue weighted by Gasteiger charge is -2.34. The third-order valence-electron chi connectivity index (χ3n) is 3.34. The number of carbonyl (C=O) groups excluding carboxylic acids is 1. The van der Waals surface area contributed by atoms with Gasteiger partial charge in [-0.05, 0) is 24.7 Å². The van der Waals surface area contributed by atoms with Gasteiger partial charge in [-0.25, -0.2) is 9.18 Å². The van der Waals surface area contributed by atoms with Crippen molar-refractivity contribution in [2.24, 2.45) is 11.3 Å². The number of hydrogen-bond acceptors (Lipinski definition) is 2. The Kier molecular flexibility index (Phi) is 4.48. The highest BCUT2D eigenvalue weighted by atomic mass is 19.1. The van der Waals surface area contributed by atoms with Crippen molar-refractivity contribution in [3.63, 3.8) is 0 Å². The molecule has 0 spiro atoms. The van der Waals surface area contributed by atoms with Gasteiger partial charge in [-0.1, -0.05) is 20.3 Å². The maximum Gasteiger partial charge on any atom is 0.328 e. The van der Waals surface area contributed by atoms with Crippen LogP contribution >= 0.6 is 0 Å². The molecule has 0 aliphatic heterocycles. The molecule has 0 heterocycles. The third-order valence-corrected chi connectivity index (χ3v) is 3.34. The van der Waals surface area contributed by atoms with Crippen molar-refractivity contribution in [2.45, 2.75) is 45.6 Å². The summed E-state index contributed by atoms with van der Waals surface area (Å²) in [6.45, 7) is 3.11. The van der Waals surface area contributed by atoms with E-state index in [2.05, 4.69) is 19.2 Å². The first-order valence-corrected chi connectivity index (χ1v) is 5.95. The molecule has 17 heavy (non-hydrogen) atoms. The fourth-order valence-corrected chi connectivity index (χ4v) is 2.38. The molecular weight excluding hydrogens is 225 g/mol. The predicted octanol–water partition coefficient (Wildman–Crippen LogP) is 1.74. The molecule has 1 amide bonds. The molecule has 0 aromatic heterocycles. The summed E-state index contributed by atoms with van der Waals surface area (Å²) in [5.74, 6) is -1.84. The number of carbonyl (C=O) groups is 2. The number of rotatable bonds is 4. The molecule has 1 aliphatic carbocycles. The molecule has 1 rings (SSSR count). The number of nitrogens with one attached hydrogen (secondary N) is 1. The van der Waals surface area contributed by atoms with Gasteiger partial charge in [-0.2, -0.15) is 0 Å². The van der Waals surface area contributed by atoms with Crippen LogP contribution in [0.4, 0.5) is 4.39 Å². The number of carboxylic acid groups (broad SMARTS) is 1. The quantitative estimate of drug-likeness (QED) is 0.792. The van der Waals surface area contributed by atoms with Crippen LogP contribution in [0, 0.1) is 11.3 Å². The summed E-state index contributed by atoms with van der Waals surface area (Å²) in [6.07, 6.45) is 3.52. The highest BCUT2D eigenvalue weighted by molar-refractivity contribution is 5.85. The molecule has 4 nitrogen and oxygen atoms in total. The van der Waals surface area contributed by atoms with Crippen LogP contribution in [0.25, 0.3) is 0 Å². The van der Waals surface area contributed by atoms with E-state index in [1.54, 1.807) is 0 Å². The summed E-state index contributed by atoms with van der Waals surface area (Å²) >= 11 is 0. The first kappa shape index (κ1) is 13.9. The van der Waals surface area contributed by atoms with Gasteiger partial charge in [-0.15, -0.1) is 0 Å². The molecule has 1 fully saturated rings. The SMILES string of the molecule is CC1(C)CCCC(C(=O)NC(CF)C(=O)O)C1. The molecule has 0 saturated heterocycles. The van der Waals surface area contributed by atoms with Crippen molar-refractivity contribution in [1.82, 2.24) is 5.32 Å². The van der Waals surface area contributed by atoms with Crippen LogP contribution in [0.5, 0.6) is 0 Å². The van der Waals surface area contributed by atoms with E-state index in [9.17, 15) is 14.0 Å². The van der Waals surface area contributed by atoms with Crippen molar-refractivity contribution in [3.8, 4) is 0 Å². The number of halogens is 1. The molecule has 5 heteroatoms. The lowest BCUT2D eigenvalue weighted by molar-refractivity contribution is -0.143. The van der Waals surface area contributed by atoms with E-state index in [0.717, 1.165) is 25.7 Å². The van der Waals surface area contributed by atoms with Crippen LogP contribution < -0.4 is 5.32 Å². The highest BCUT2D eigenvalue weighted by Crippen LogP contribution is 2.38. The number of alkyl halides is 1. The summed E-state index contributed by atoms with van der Waals surface area (Å²) < 4.78 is 12.4. The molecule has 0 aromatic rings. The third kappa shape index (κ3) is 3.98. The smallest absolute Gasteiger partial charge is 0.328 e. The van der Waals surface area contributed by atoms with Gasteiger partial charge in [0.1, 0.15) is 6.67 Å². The maximum atomic E-state index is 12.4. The van der Waals surface area contributed by atoms with Gasteiger partial charge in [0.25, 0.3) is 0 Å². The van der Waals surface area contributed by atoms with Crippen LogP contribution in [0.1, 0.15) is 39.5 Å². The van der Waals surface area contributed by atoms with Crippen LogP contribution in [0.15, 0.2) is 0 Å². The largest absolute Gasteiger partial charge is 0.480 e. The van der Waals surface area contributed by atoms with Gasteiger partial charge >= 0.3 is 5.97 Å². The Bertz CT molecular complexity index is 304. The Morgan fingerprint density at radius 3 is 2.65 bits per heavy atom. The molecule has 0 aromatic carbocycles. The zero-order valence-corrected chi connectivity index (χ0v) is 10.3. The number of amides is 1. The van der Waals surface area contributed by atoms with Gasteiger partial charge in [0.2, 0.25) is 5.91 Å². The molecule has 98 valence electrons. The number of carboxylic acids is 1. The van der Waals surface area contributed by atoms with Crippen molar-refractivity contribution in [3.05, 3.63) is 0 Å². The maximum absolute atomic E-state index is 12.4. The Morgan fingerprint density at radius 1 is 1.53 bits per heavy atom. The number of aliphatic carboxylic acids is 1. The average Bonchev–Trinajstić information content (AvgIpc) is 2.23. The molecule has 0 bridgehead atoms. The zero-order valence-electron chi connectivity index (χ0n) is 10.3. The minimum Gasteiger partial charge on any atom is -0.480 e. The Hall–Kier alpha value is -1.13. The van der Waals surface area contributed by atoms with Gasteiger partial charge < -0.3 is 10.4 Å². The van der Waals surface area contributed by atoms with Gasteiger partial charge in [0, 0.05) is 5.92 Å². The number of hydrogen-bond donors (Lipinski definition) is 2. The Labute approximate surface area is 101 Å². The molecular formula is C12H20FNO3. The predicted molar refractivity (Wildman–Crippen MR) is 61.3 cm³/mol. The second-order valence-electron chi connectivity index (χ2n) is 5.51. The first-order valence-electron chi connectivity index (χ1n) is 5.95. The lowest BCUT2D eigenvalue weighted by atomic mass is 9.72. The van der Waals surface area contributed by atoms with Gasteiger partial charge in [0.05, 0.1) is 0 Å². The van der Waals surface area contributed by atoms with E-state index in [0.29, 0.717) is 0 Å². The summed E-state index contributed by atoms with van der Waals surface area (Å²) in [4.78, 5) is 22.4. The van der Waals surface area contributed by atoms with E-state index in [1.807, 2.05) is 0 Å². The molecule has 0 radical (unpaired) electrons. The van der Waals surface area contributed by atoms with Gasteiger partial charge in [0.15, 0.2) is 6.04 Å². The Morgan fingerprint density at radius 2 is 2.18 bits per heavy atom. The normalized spacial score (nSPS) is 25.0. The monoisotopic (exact) mass is 245 g/mol. The van der Waals surface area contributed by atoms with E-state index < -0.39 is 18.7 Å². The summed E-state index contributed by atoms with van der Waals surface area (Å²) in [6, 6.07) is -1.41. The fraction of sp³-hybridized carbons (Fsp3) is 0.833. The summed E-state index contributed by atoms with van der Waals surface area (Å²) in [5, 5.41) is 10.9. The van der Waals surface area contributed by atoms with E-state index in [-0.39, 0.29) is 17.2 Å². The van der Waals surface area contributed by atoms with Crippen LogP contribution in [-0.4, -0.2) is 29.7 Å². The fourth-order valence-electron chi connectivity index (χ4n) is 2.38. The van der Waals surface area contributed by atoms with E-state index >= 15 is 0 Å². The zero-order chi connectivity index (χ0) is 13.1. The van der Waals surface area contributed by atoms with Crippen molar-refractivity contribution >= 4 is 11.9 Å². The standard InChI is InChI=1S/C12H20FNO3/c1-12(2)5-3-4-8(6-12)10(15)14-9(7-13)11(16)17/h8-9H,3-7H2,1-2H3,(H,14,15)(H,16,17).